The number of nitrogens with two attached hydrogens (primary N) is 1. The van der Waals surface area contributed by atoms with Crippen LogP contribution in [0.15, 0.2) is 18.2 Å². The molecule has 2 aromatic rings. The van der Waals surface area contributed by atoms with E-state index in [2.05, 4.69) is 10.2 Å². The molecule has 1 aromatic carbocycles. The first-order chi connectivity index (χ1) is 7.59. The molecule has 16 heavy (non-hydrogen) atoms. The third-order valence-electron chi connectivity index (χ3n) is 2.35. The zero-order chi connectivity index (χ0) is 11.7. The molecule has 2 rings (SSSR count). The fourth-order valence-corrected chi connectivity index (χ4v) is 1.83. The number of halogens is 1. The maximum absolute atomic E-state index is 10.7. The van der Waals surface area contributed by atoms with Crippen molar-refractivity contribution >= 4 is 28.5 Å². The van der Waals surface area contributed by atoms with Crippen LogP contribution < -0.4 is 5.73 Å². The molecule has 0 saturated heterocycles. The van der Waals surface area contributed by atoms with Crippen molar-refractivity contribution in [2.24, 2.45) is 5.73 Å². The number of H-pyrrole nitrogens is 1. The molecular weight excluding hydrogens is 230 g/mol. The molecule has 1 atom stereocenters. The maximum atomic E-state index is 10.7. The van der Waals surface area contributed by atoms with Crippen LogP contribution in [0, 0.1) is 0 Å². The molecule has 0 fully saturated rings. The number of aromatic nitrogens is 2. The first-order valence-electron chi connectivity index (χ1n) is 4.69. The number of hydrogen-bond acceptors (Lipinski definition) is 3. The molecule has 0 saturated carbocycles. The average Bonchev–Trinajstić information content (AvgIpc) is 2.63. The Balaban J connectivity index is 2.42. The minimum absolute atomic E-state index is 0.176. The summed E-state index contributed by atoms with van der Waals surface area (Å²) in [6.07, 6.45) is 0.176. The van der Waals surface area contributed by atoms with E-state index in [1.54, 1.807) is 18.2 Å². The van der Waals surface area contributed by atoms with Gasteiger partial charge in [-0.1, -0.05) is 17.7 Å². The third-order valence-corrected chi connectivity index (χ3v) is 2.66. The average molecular weight is 240 g/mol. The van der Waals surface area contributed by atoms with Crippen LogP contribution in [0.25, 0.3) is 10.9 Å². The van der Waals surface area contributed by atoms with Crippen molar-refractivity contribution in [3.63, 3.8) is 0 Å². The van der Waals surface area contributed by atoms with Crippen molar-refractivity contribution in [2.75, 3.05) is 0 Å². The largest absolute Gasteiger partial charge is 0.480 e. The summed E-state index contributed by atoms with van der Waals surface area (Å²) in [5.41, 5.74) is 6.82. The minimum atomic E-state index is -1.05. The number of carbonyl (C=O) groups is 1. The van der Waals surface area contributed by atoms with E-state index in [-0.39, 0.29) is 6.42 Å². The van der Waals surface area contributed by atoms with Gasteiger partial charge in [0.2, 0.25) is 0 Å². The summed E-state index contributed by atoms with van der Waals surface area (Å²) < 4.78 is 0. The molecule has 0 bridgehead atoms. The summed E-state index contributed by atoms with van der Waals surface area (Å²) in [6, 6.07) is 4.36. The van der Waals surface area contributed by atoms with Crippen molar-refractivity contribution in [3.05, 3.63) is 28.9 Å². The first-order valence-corrected chi connectivity index (χ1v) is 5.07. The molecule has 0 aliphatic rings. The van der Waals surface area contributed by atoms with Crippen LogP contribution in [-0.4, -0.2) is 27.3 Å². The number of benzene rings is 1. The van der Waals surface area contributed by atoms with E-state index in [0.29, 0.717) is 16.2 Å². The summed E-state index contributed by atoms with van der Waals surface area (Å²) in [6.45, 7) is 0. The standard InChI is InChI=1S/C10H10ClN3O2/c11-5-2-1-3-7-9(5)8(14-13-7)4-6(12)10(15)16/h1-3,6H,4,12H2,(H,13,14)(H,15,16). The molecule has 84 valence electrons. The van der Waals surface area contributed by atoms with E-state index in [4.69, 9.17) is 22.4 Å². The van der Waals surface area contributed by atoms with E-state index >= 15 is 0 Å². The van der Waals surface area contributed by atoms with Crippen molar-refractivity contribution in [1.82, 2.24) is 10.2 Å². The highest BCUT2D eigenvalue weighted by atomic mass is 35.5. The summed E-state index contributed by atoms with van der Waals surface area (Å²) >= 11 is 6.02. The highest BCUT2D eigenvalue weighted by molar-refractivity contribution is 6.35. The molecule has 0 aliphatic heterocycles. The van der Waals surface area contributed by atoms with Crippen LogP contribution in [0.4, 0.5) is 0 Å². The van der Waals surface area contributed by atoms with Gasteiger partial charge in [0.15, 0.2) is 0 Å². The highest BCUT2D eigenvalue weighted by Crippen LogP contribution is 2.25. The summed E-state index contributed by atoms with van der Waals surface area (Å²) in [4.78, 5) is 10.7. The van der Waals surface area contributed by atoms with E-state index < -0.39 is 12.0 Å². The number of carboxylic acid groups (broad SMARTS) is 1. The van der Waals surface area contributed by atoms with Gasteiger partial charge in [0.25, 0.3) is 0 Å². The van der Waals surface area contributed by atoms with Gasteiger partial charge in [0.1, 0.15) is 6.04 Å². The lowest BCUT2D eigenvalue weighted by Gasteiger charge is -2.04. The number of fused-ring (bicyclic) bond motifs is 1. The Bertz CT molecular complexity index is 538. The summed E-state index contributed by atoms with van der Waals surface area (Å²) in [7, 11) is 0. The predicted octanol–water partition coefficient (Wildman–Crippen LogP) is 1.17. The number of carboxylic acids is 1. The molecule has 4 N–H and O–H groups in total. The molecule has 1 unspecified atom stereocenters. The smallest absolute Gasteiger partial charge is 0.320 e. The molecule has 0 amide bonds. The number of aliphatic carboxylic acids is 1. The molecule has 1 heterocycles. The van der Waals surface area contributed by atoms with Crippen LogP contribution in [-0.2, 0) is 11.2 Å². The summed E-state index contributed by atoms with van der Waals surface area (Å²) in [5, 5.41) is 16.8. The fourth-order valence-electron chi connectivity index (χ4n) is 1.54. The Hall–Kier alpha value is -1.59. The Morgan fingerprint density at radius 3 is 3.06 bits per heavy atom. The molecule has 0 aliphatic carbocycles. The number of nitrogens with zero attached hydrogens (tertiary/aromatic N) is 1. The van der Waals surface area contributed by atoms with Gasteiger partial charge in [0.05, 0.1) is 10.5 Å². The monoisotopic (exact) mass is 239 g/mol. The van der Waals surface area contributed by atoms with Gasteiger partial charge in [-0.2, -0.15) is 5.10 Å². The maximum Gasteiger partial charge on any atom is 0.320 e. The van der Waals surface area contributed by atoms with Crippen LogP contribution in [0.2, 0.25) is 5.02 Å². The van der Waals surface area contributed by atoms with E-state index in [0.717, 1.165) is 5.39 Å². The molecule has 0 radical (unpaired) electrons. The van der Waals surface area contributed by atoms with E-state index in [9.17, 15) is 4.79 Å². The van der Waals surface area contributed by atoms with Gasteiger partial charge in [-0.15, -0.1) is 0 Å². The molecule has 0 spiro atoms. The van der Waals surface area contributed by atoms with E-state index in [1.807, 2.05) is 0 Å². The zero-order valence-corrected chi connectivity index (χ0v) is 9.03. The Morgan fingerprint density at radius 1 is 1.62 bits per heavy atom. The second kappa shape index (κ2) is 4.11. The molecular formula is C10H10ClN3O2. The highest BCUT2D eigenvalue weighted by Gasteiger charge is 2.16. The van der Waals surface area contributed by atoms with Crippen molar-refractivity contribution < 1.29 is 9.90 Å². The third kappa shape index (κ3) is 1.87. The van der Waals surface area contributed by atoms with Gasteiger partial charge >= 0.3 is 5.97 Å². The molecule has 1 aromatic heterocycles. The normalized spacial score (nSPS) is 12.9. The van der Waals surface area contributed by atoms with Crippen molar-refractivity contribution in [3.8, 4) is 0 Å². The number of hydrogen-bond donors (Lipinski definition) is 3. The Kier molecular flexibility index (Phi) is 2.80. The lowest BCUT2D eigenvalue weighted by Crippen LogP contribution is -2.32. The Morgan fingerprint density at radius 2 is 2.38 bits per heavy atom. The minimum Gasteiger partial charge on any atom is -0.480 e. The van der Waals surface area contributed by atoms with Gasteiger partial charge in [0, 0.05) is 17.5 Å². The van der Waals surface area contributed by atoms with Crippen LogP contribution in [0.1, 0.15) is 5.69 Å². The first kappa shape index (κ1) is 10.9. The number of rotatable bonds is 3. The fraction of sp³-hybridized carbons (Fsp3) is 0.200. The van der Waals surface area contributed by atoms with Crippen molar-refractivity contribution in [2.45, 2.75) is 12.5 Å². The molecule has 6 heteroatoms. The second-order valence-corrected chi connectivity index (χ2v) is 3.89. The number of aromatic amines is 1. The SMILES string of the molecule is NC(Cc1[nH]nc2cccc(Cl)c12)C(=O)O. The van der Waals surface area contributed by atoms with Gasteiger partial charge < -0.3 is 10.8 Å². The Labute approximate surface area is 96.2 Å². The predicted molar refractivity (Wildman–Crippen MR) is 60.4 cm³/mol. The van der Waals surface area contributed by atoms with Crippen LogP contribution >= 0.6 is 11.6 Å². The van der Waals surface area contributed by atoms with Crippen LogP contribution in [0.3, 0.4) is 0 Å². The topological polar surface area (TPSA) is 92.0 Å². The second-order valence-electron chi connectivity index (χ2n) is 3.48. The van der Waals surface area contributed by atoms with E-state index in [1.165, 1.54) is 0 Å². The lowest BCUT2D eigenvalue weighted by atomic mass is 10.1. The quantitative estimate of drug-likeness (QED) is 0.750. The zero-order valence-electron chi connectivity index (χ0n) is 8.27. The number of nitrogens with one attached hydrogen (secondary N) is 1. The van der Waals surface area contributed by atoms with Crippen molar-refractivity contribution in [1.29, 1.82) is 0 Å². The van der Waals surface area contributed by atoms with Gasteiger partial charge in [-0.05, 0) is 12.1 Å². The summed E-state index contributed by atoms with van der Waals surface area (Å²) in [5.74, 6) is -1.05. The van der Waals surface area contributed by atoms with Gasteiger partial charge in [-0.3, -0.25) is 9.89 Å². The molecule has 5 nitrogen and oxygen atoms in total. The van der Waals surface area contributed by atoms with Crippen LogP contribution in [0.5, 0.6) is 0 Å². The lowest BCUT2D eigenvalue weighted by molar-refractivity contribution is -0.138. The van der Waals surface area contributed by atoms with Gasteiger partial charge in [-0.25, -0.2) is 0 Å².